The smallest absolute Gasteiger partial charge is 0.254 e. The van der Waals surface area contributed by atoms with Gasteiger partial charge in [0, 0.05) is 35.2 Å². The van der Waals surface area contributed by atoms with Crippen molar-refractivity contribution in [2.24, 2.45) is 5.73 Å². The largest absolute Gasteiger partial charge is 0.334 e. The maximum absolute atomic E-state index is 13.0. The summed E-state index contributed by atoms with van der Waals surface area (Å²) in [4.78, 5) is 19.4. The fourth-order valence-electron chi connectivity index (χ4n) is 3.18. The first-order valence-corrected chi connectivity index (χ1v) is 8.06. The molecule has 1 aliphatic heterocycles. The van der Waals surface area contributed by atoms with Crippen LogP contribution in [0.4, 0.5) is 0 Å². The van der Waals surface area contributed by atoms with Crippen LogP contribution in [-0.2, 0) is 0 Å². The summed E-state index contributed by atoms with van der Waals surface area (Å²) >= 11 is 6.05. The predicted octanol–water partition coefficient (Wildman–Crippen LogP) is 3.15. The second-order valence-electron chi connectivity index (χ2n) is 5.86. The Morgan fingerprint density at radius 1 is 1.41 bits per heavy atom. The molecule has 1 saturated heterocycles. The first-order valence-electron chi connectivity index (χ1n) is 7.68. The first kappa shape index (κ1) is 15.3. The van der Waals surface area contributed by atoms with Crippen LogP contribution in [0.15, 0.2) is 24.3 Å². The molecule has 116 valence electrons. The molecule has 2 aromatic rings. The molecule has 1 amide bonds. The van der Waals surface area contributed by atoms with Gasteiger partial charge in [0.25, 0.3) is 5.91 Å². The molecule has 1 unspecified atom stereocenters. The minimum Gasteiger partial charge on any atom is -0.334 e. The Hall–Kier alpha value is -1.65. The number of hydrogen-bond acceptors (Lipinski definition) is 3. The number of aryl methyl sites for hydroxylation is 1. The Labute approximate surface area is 135 Å². The number of halogens is 1. The molecule has 22 heavy (non-hydrogen) atoms. The van der Waals surface area contributed by atoms with Gasteiger partial charge in [0.2, 0.25) is 0 Å². The van der Waals surface area contributed by atoms with E-state index in [2.05, 4.69) is 4.98 Å². The van der Waals surface area contributed by atoms with E-state index in [1.807, 2.05) is 24.0 Å². The van der Waals surface area contributed by atoms with Gasteiger partial charge in [0.1, 0.15) is 0 Å². The van der Waals surface area contributed by atoms with Crippen molar-refractivity contribution in [1.29, 1.82) is 0 Å². The third-order valence-electron chi connectivity index (χ3n) is 4.29. The molecule has 5 heteroatoms. The van der Waals surface area contributed by atoms with Gasteiger partial charge in [-0.3, -0.25) is 9.78 Å². The Morgan fingerprint density at radius 3 is 3.00 bits per heavy atom. The van der Waals surface area contributed by atoms with Crippen LogP contribution in [0.25, 0.3) is 10.9 Å². The normalized spacial score (nSPS) is 18.7. The molecule has 1 aromatic carbocycles. The van der Waals surface area contributed by atoms with Gasteiger partial charge >= 0.3 is 0 Å². The van der Waals surface area contributed by atoms with Crippen molar-refractivity contribution < 1.29 is 4.79 Å². The summed E-state index contributed by atoms with van der Waals surface area (Å²) in [5.74, 6) is 0.0490. The predicted molar refractivity (Wildman–Crippen MR) is 89.2 cm³/mol. The van der Waals surface area contributed by atoms with Gasteiger partial charge in [0.05, 0.1) is 11.1 Å². The fraction of sp³-hybridized carbons (Fsp3) is 0.412. The van der Waals surface area contributed by atoms with Crippen molar-refractivity contribution in [2.45, 2.75) is 32.2 Å². The molecule has 0 aliphatic carbocycles. The molecule has 0 radical (unpaired) electrons. The second-order valence-corrected chi connectivity index (χ2v) is 6.29. The lowest BCUT2D eigenvalue weighted by atomic mass is 9.99. The van der Waals surface area contributed by atoms with Gasteiger partial charge in [0.15, 0.2) is 0 Å². The van der Waals surface area contributed by atoms with Crippen LogP contribution in [0.1, 0.15) is 35.3 Å². The molecule has 1 atom stereocenters. The molecule has 1 fully saturated rings. The zero-order valence-corrected chi connectivity index (χ0v) is 13.4. The Balaban J connectivity index is 2.06. The van der Waals surface area contributed by atoms with Crippen molar-refractivity contribution in [1.82, 2.24) is 9.88 Å². The second kappa shape index (κ2) is 6.23. The van der Waals surface area contributed by atoms with E-state index in [0.717, 1.165) is 42.4 Å². The minimum absolute atomic E-state index is 0.0490. The SMILES string of the molecule is Cc1cc(C(=O)N2CCCCC2CN)c2ccc(Cl)cc2n1. The number of carbonyl (C=O) groups excluding carboxylic acids is 1. The molecule has 2 N–H and O–H groups in total. The molecule has 0 bridgehead atoms. The van der Waals surface area contributed by atoms with Crippen molar-refractivity contribution in [2.75, 3.05) is 13.1 Å². The Morgan fingerprint density at radius 2 is 2.23 bits per heavy atom. The number of amides is 1. The number of pyridine rings is 1. The molecule has 2 heterocycles. The zero-order chi connectivity index (χ0) is 15.7. The maximum Gasteiger partial charge on any atom is 0.254 e. The van der Waals surface area contributed by atoms with E-state index in [0.29, 0.717) is 17.1 Å². The molecule has 4 nitrogen and oxygen atoms in total. The van der Waals surface area contributed by atoms with Crippen LogP contribution in [0.5, 0.6) is 0 Å². The van der Waals surface area contributed by atoms with Gasteiger partial charge < -0.3 is 10.6 Å². The lowest BCUT2D eigenvalue weighted by Gasteiger charge is -2.35. The lowest BCUT2D eigenvalue weighted by molar-refractivity contribution is 0.0625. The summed E-state index contributed by atoms with van der Waals surface area (Å²) in [6, 6.07) is 7.47. The highest BCUT2D eigenvalue weighted by molar-refractivity contribution is 6.31. The topological polar surface area (TPSA) is 59.2 Å². The summed E-state index contributed by atoms with van der Waals surface area (Å²) in [6.45, 7) is 3.18. The Kier molecular flexibility index (Phi) is 4.32. The summed E-state index contributed by atoms with van der Waals surface area (Å²) in [5, 5.41) is 1.48. The van der Waals surface area contributed by atoms with Crippen LogP contribution in [-0.4, -0.2) is 34.9 Å². The van der Waals surface area contributed by atoms with E-state index >= 15 is 0 Å². The monoisotopic (exact) mass is 317 g/mol. The third-order valence-corrected chi connectivity index (χ3v) is 4.53. The van der Waals surface area contributed by atoms with Crippen molar-refractivity contribution >= 4 is 28.4 Å². The van der Waals surface area contributed by atoms with Crippen molar-refractivity contribution in [3.05, 3.63) is 40.5 Å². The number of benzene rings is 1. The average molecular weight is 318 g/mol. The summed E-state index contributed by atoms with van der Waals surface area (Å²) in [7, 11) is 0. The first-order chi connectivity index (χ1) is 10.6. The van der Waals surface area contributed by atoms with Crippen LogP contribution < -0.4 is 5.73 Å². The molecular formula is C17H20ClN3O. The number of piperidine rings is 1. The van der Waals surface area contributed by atoms with E-state index in [1.54, 1.807) is 12.1 Å². The summed E-state index contributed by atoms with van der Waals surface area (Å²) in [5.41, 5.74) is 8.12. The van der Waals surface area contributed by atoms with Crippen LogP contribution in [0.3, 0.4) is 0 Å². The summed E-state index contributed by atoms with van der Waals surface area (Å²) in [6.07, 6.45) is 3.16. The third kappa shape index (κ3) is 2.81. The number of fused-ring (bicyclic) bond motifs is 1. The zero-order valence-electron chi connectivity index (χ0n) is 12.7. The molecule has 1 aliphatic rings. The number of nitrogens with two attached hydrogens (primary N) is 1. The number of nitrogens with zero attached hydrogens (tertiary/aromatic N) is 2. The number of likely N-dealkylation sites (tertiary alicyclic amines) is 1. The van der Waals surface area contributed by atoms with Gasteiger partial charge in [-0.05, 0) is 44.4 Å². The fourth-order valence-corrected chi connectivity index (χ4v) is 3.34. The molecular weight excluding hydrogens is 298 g/mol. The van der Waals surface area contributed by atoms with E-state index in [4.69, 9.17) is 17.3 Å². The van der Waals surface area contributed by atoms with Gasteiger partial charge in [-0.25, -0.2) is 0 Å². The molecule has 3 rings (SSSR count). The Bertz CT molecular complexity index is 711. The quantitative estimate of drug-likeness (QED) is 0.925. The number of aromatic nitrogens is 1. The van der Waals surface area contributed by atoms with Crippen LogP contribution >= 0.6 is 11.6 Å². The molecule has 1 aromatic heterocycles. The lowest BCUT2D eigenvalue weighted by Crippen LogP contribution is -2.47. The average Bonchev–Trinajstić information content (AvgIpc) is 2.52. The van der Waals surface area contributed by atoms with Gasteiger partial charge in [-0.15, -0.1) is 0 Å². The van der Waals surface area contributed by atoms with E-state index in [1.165, 1.54) is 0 Å². The number of hydrogen-bond donors (Lipinski definition) is 1. The van der Waals surface area contributed by atoms with Crippen molar-refractivity contribution in [3.63, 3.8) is 0 Å². The van der Waals surface area contributed by atoms with Gasteiger partial charge in [-0.1, -0.05) is 17.7 Å². The minimum atomic E-state index is 0.0490. The highest BCUT2D eigenvalue weighted by Gasteiger charge is 2.27. The van der Waals surface area contributed by atoms with Crippen LogP contribution in [0, 0.1) is 6.92 Å². The highest BCUT2D eigenvalue weighted by atomic mass is 35.5. The number of rotatable bonds is 2. The molecule has 0 spiro atoms. The van der Waals surface area contributed by atoms with Crippen molar-refractivity contribution in [3.8, 4) is 0 Å². The van der Waals surface area contributed by atoms with E-state index in [9.17, 15) is 4.79 Å². The summed E-state index contributed by atoms with van der Waals surface area (Å²) < 4.78 is 0. The van der Waals surface area contributed by atoms with Crippen LogP contribution in [0.2, 0.25) is 5.02 Å². The standard InChI is InChI=1S/C17H20ClN3O/c1-11-8-15(14-6-5-12(18)9-16(14)20-11)17(22)21-7-3-2-4-13(21)10-19/h5-6,8-9,13H,2-4,7,10,19H2,1H3. The van der Waals surface area contributed by atoms with E-state index in [-0.39, 0.29) is 11.9 Å². The highest BCUT2D eigenvalue weighted by Crippen LogP contribution is 2.26. The molecule has 0 saturated carbocycles. The van der Waals surface area contributed by atoms with Gasteiger partial charge in [-0.2, -0.15) is 0 Å². The number of carbonyl (C=O) groups is 1. The maximum atomic E-state index is 13.0. The van der Waals surface area contributed by atoms with E-state index < -0.39 is 0 Å².